The maximum atomic E-state index is 12.0. The summed E-state index contributed by atoms with van der Waals surface area (Å²) < 4.78 is 72.1. The molecule has 39 heavy (non-hydrogen) atoms. The summed E-state index contributed by atoms with van der Waals surface area (Å²) in [5, 5.41) is 10.1. The van der Waals surface area contributed by atoms with E-state index in [9.17, 15) is 52.5 Å². The quantitative estimate of drug-likeness (QED) is 0.122. The first-order valence-electron chi connectivity index (χ1n) is 10.6. The van der Waals surface area contributed by atoms with Crippen LogP contribution >= 0.6 is 31.3 Å². The summed E-state index contributed by atoms with van der Waals surface area (Å²) in [6, 6.07) is 0. The normalized spacial score (nSPS) is 25.6. The lowest BCUT2D eigenvalue weighted by atomic mass is 10.2. The Balaban J connectivity index is 1.93. The van der Waals surface area contributed by atoms with E-state index < -0.39 is 74.2 Å². The fourth-order valence-corrected chi connectivity index (χ4v) is 7.72. The summed E-state index contributed by atoms with van der Waals surface area (Å²) in [6.07, 6.45) is 2.42. The van der Waals surface area contributed by atoms with Crippen molar-refractivity contribution in [1.82, 2.24) is 9.55 Å². The molecule has 0 spiro atoms. The van der Waals surface area contributed by atoms with Crippen LogP contribution in [-0.2, 0) is 45.0 Å². The number of rotatable bonds is 15. The number of aryl methyl sites for hydroxylation is 1. The van der Waals surface area contributed by atoms with Crippen LogP contribution in [0, 0.1) is 19.3 Å². The zero-order valence-electron chi connectivity index (χ0n) is 19.8. The van der Waals surface area contributed by atoms with E-state index in [-0.39, 0.29) is 24.8 Å². The van der Waals surface area contributed by atoms with Gasteiger partial charge >= 0.3 is 5.69 Å². The van der Waals surface area contributed by atoms with Crippen LogP contribution in [0.1, 0.15) is 37.5 Å². The van der Waals surface area contributed by atoms with Gasteiger partial charge in [-0.25, -0.2) is 17.7 Å². The minimum absolute atomic E-state index is 0.0745. The summed E-state index contributed by atoms with van der Waals surface area (Å²) in [6.45, 7) is -0.263. The molecule has 1 aliphatic rings. The Hall–Kier alpha value is -1.28. The van der Waals surface area contributed by atoms with Gasteiger partial charge in [-0.1, -0.05) is 0 Å². The molecule has 0 amide bonds. The number of phosphoric acid groups is 4. The zero-order chi connectivity index (χ0) is 29.6. The molecule has 0 aromatic carbocycles. The molecular weight excluding hydrogens is 616 g/mol. The highest BCUT2D eigenvalue weighted by atomic mass is 31.3. The molecular formula is C16H22N2O17P4-4. The van der Waals surface area contributed by atoms with Gasteiger partial charge in [0.15, 0.2) is 0 Å². The first kappa shape index (κ1) is 33.9. The number of terminal acetylenes is 1. The smallest absolute Gasteiger partial charge is 0.330 e. The largest absolute Gasteiger partial charge is 0.756 e. The molecule has 222 valence electrons. The Bertz CT molecular complexity index is 1370. The fourth-order valence-electron chi connectivity index (χ4n) is 2.95. The van der Waals surface area contributed by atoms with Gasteiger partial charge in [0, 0.05) is 24.6 Å². The lowest BCUT2D eigenvalue weighted by Crippen LogP contribution is -2.33. The zero-order valence-corrected chi connectivity index (χ0v) is 23.4. The molecule has 0 bridgehead atoms. The number of H-pyrrole nitrogens is 1. The molecule has 0 saturated carbocycles. The number of aliphatic hydroxyl groups is 1. The van der Waals surface area contributed by atoms with E-state index in [0.717, 1.165) is 10.8 Å². The molecule has 2 heterocycles. The predicted octanol–water partition coefficient (Wildman–Crippen LogP) is -1.75. The second kappa shape index (κ2) is 13.6. The van der Waals surface area contributed by atoms with Gasteiger partial charge in [0.2, 0.25) is 0 Å². The lowest BCUT2D eigenvalue weighted by molar-refractivity contribution is -0.254. The van der Waals surface area contributed by atoms with Crippen molar-refractivity contribution in [2.75, 3.05) is 13.2 Å². The lowest BCUT2D eigenvalue weighted by Gasteiger charge is -2.36. The van der Waals surface area contributed by atoms with E-state index in [1.165, 1.54) is 6.92 Å². The molecule has 1 aromatic heterocycles. The first-order valence-corrected chi connectivity index (χ1v) is 16.5. The van der Waals surface area contributed by atoms with Crippen molar-refractivity contribution >= 4 is 31.3 Å². The number of aromatic nitrogens is 2. The van der Waals surface area contributed by atoms with E-state index in [0.29, 0.717) is 6.42 Å². The van der Waals surface area contributed by atoms with Crippen molar-refractivity contribution in [3.8, 4) is 12.3 Å². The molecule has 0 aliphatic carbocycles. The molecule has 7 atom stereocenters. The van der Waals surface area contributed by atoms with Crippen LogP contribution in [0.4, 0.5) is 0 Å². The Morgan fingerprint density at radius 2 is 1.62 bits per heavy atom. The number of aliphatic hydroxyl groups excluding tert-OH is 1. The van der Waals surface area contributed by atoms with Crippen LogP contribution in [0.25, 0.3) is 0 Å². The monoisotopic (exact) mass is 638 g/mol. The number of hydrogen-bond donors (Lipinski definition) is 2. The standard InChI is InChI=1S/C16H26N2O17P4/c1-3-4-5-6-7-30-36(22,23)33-38(26,27)35-39(28,29)34-37(24,25)31-10-13-12(19)8-14(32-13)18-9-11(2)15(20)17-16(18)21/h1,9,12-14,19H,4-8,10H2,2H3,(H,22,23)(H,24,25)(H,26,27)(H,28,29)(H,17,20,21)/p-4/t12-,13-,14-/m1/s1. The van der Waals surface area contributed by atoms with Crippen molar-refractivity contribution in [2.24, 2.45) is 0 Å². The number of aromatic amines is 1. The van der Waals surface area contributed by atoms with Gasteiger partial charge in [0.25, 0.3) is 36.9 Å². The van der Waals surface area contributed by atoms with Crippen LogP contribution in [0.3, 0.4) is 0 Å². The molecule has 1 aliphatic heterocycles. The number of nitrogens with one attached hydrogen (secondary N) is 1. The van der Waals surface area contributed by atoms with Gasteiger partial charge < -0.3 is 38.5 Å². The first-order chi connectivity index (χ1) is 17.9. The van der Waals surface area contributed by atoms with Gasteiger partial charge in [0.1, 0.15) is 12.3 Å². The summed E-state index contributed by atoms with van der Waals surface area (Å²) in [5.74, 6) is 2.26. The Morgan fingerprint density at radius 3 is 2.21 bits per heavy atom. The highest BCUT2D eigenvalue weighted by Gasteiger charge is 2.37. The van der Waals surface area contributed by atoms with Gasteiger partial charge in [-0.3, -0.25) is 32.6 Å². The van der Waals surface area contributed by atoms with Crippen LogP contribution in [-0.4, -0.2) is 40.1 Å². The van der Waals surface area contributed by atoms with E-state index in [2.05, 4.69) is 27.9 Å². The van der Waals surface area contributed by atoms with Crippen molar-refractivity contribution in [3.05, 3.63) is 32.6 Å². The minimum atomic E-state index is -6.39. The molecule has 2 N–H and O–H groups in total. The van der Waals surface area contributed by atoms with E-state index in [1.54, 1.807) is 0 Å². The van der Waals surface area contributed by atoms with E-state index >= 15 is 0 Å². The number of unbranched alkanes of at least 4 members (excludes halogenated alkanes) is 2. The summed E-state index contributed by atoms with van der Waals surface area (Å²) in [7, 11) is -24.3. The molecule has 1 fully saturated rings. The number of nitrogens with zero attached hydrogens (tertiary/aromatic N) is 1. The number of hydrogen-bond acceptors (Lipinski definition) is 17. The molecule has 1 aromatic rings. The molecule has 0 radical (unpaired) electrons. The van der Waals surface area contributed by atoms with E-state index in [4.69, 9.17) is 11.2 Å². The summed E-state index contributed by atoms with van der Waals surface area (Å²) in [5.41, 5.74) is -1.44. The van der Waals surface area contributed by atoms with Gasteiger partial charge in [-0.2, -0.15) is 0 Å². The molecule has 23 heteroatoms. The van der Waals surface area contributed by atoms with Crippen LogP contribution in [0.15, 0.2) is 15.8 Å². The van der Waals surface area contributed by atoms with Crippen molar-refractivity contribution in [3.63, 3.8) is 0 Å². The van der Waals surface area contributed by atoms with Crippen molar-refractivity contribution < 1.29 is 69.7 Å². The fraction of sp³-hybridized carbons (Fsp3) is 0.625. The third-order valence-corrected chi connectivity index (χ3v) is 10.4. The van der Waals surface area contributed by atoms with Crippen molar-refractivity contribution in [1.29, 1.82) is 0 Å². The predicted molar refractivity (Wildman–Crippen MR) is 119 cm³/mol. The maximum absolute atomic E-state index is 12.0. The van der Waals surface area contributed by atoms with Crippen LogP contribution in [0.2, 0.25) is 0 Å². The minimum Gasteiger partial charge on any atom is -0.756 e. The van der Waals surface area contributed by atoms with Gasteiger partial charge in [-0.05, 0) is 19.8 Å². The molecule has 2 rings (SSSR count). The SMILES string of the molecule is C#CCCCCOP(=O)([O-])OP(=O)([O-])OP(=O)([O-])OP(=O)([O-])OC[C@H]1O[C@@H](n2cc(C)c(=O)[nH]c2=O)C[C@H]1O. The van der Waals surface area contributed by atoms with Crippen LogP contribution in [0.5, 0.6) is 0 Å². The molecule has 19 nitrogen and oxygen atoms in total. The Labute approximate surface area is 220 Å². The Kier molecular flexibility index (Phi) is 11.8. The number of ether oxygens (including phenoxy) is 1. The average Bonchev–Trinajstić information content (AvgIpc) is 3.12. The van der Waals surface area contributed by atoms with E-state index in [1.807, 2.05) is 4.98 Å². The third kappa shape index (κ3) is 11.3. The van der Waals surface area contributed by atoms with Gasteiger partial charge in [-0.15, -0.1) is 12.3 Å². The highest BCUT2D eigenvalue weighted by molar-refractivity contribution is 7.68. The average molecular weight is 638 g/mol. The topological polar surface area (TPSA) is 291 Å². The summed E-state index contributed by atoms with van der Waals surface area (Å²) >= 11 is 0. The second-order valence-electron chi connectivity index (χ2n) is 7.73. The second-order valence-corrected chi connectivity index (χ2v) is 13.8. The van der Waals surface area contributed by atoms with Crippen LogP contribution < -0.4 is 30.8 Å². The Morgan fingerprint density at radius 1 is 1.05 bits per heavy atom. The number of phosphoric ester groups is 2. The maximum Gasteiger partial charge on any atom is 0.330 e. The summed E-state index contributed by atoms with van der Waals surface area (Å²) in [4.78, 5) is 72.3. The highest BCUT2D eigenvalue weighted by Crippen LogP contribution is 2.66. The third-order valence-electron chi connectivity index (χ3n) is 4.62. The van der Waals surface area contributed by atoms with Crippen molar-refractivity contribution in [2.45, 2.75) is 51.0 Å². The van der Waals surface area contributed by atoms with Gasteiger partial charge in [0.05, 0.1) is 19.3 Å². The molecule has 1 saturated heterocycles. The molecule has 4 unspecified atom stereocenters.